The van der Waals surface area contributed by atoms with Crippen molar-refractivity contribution < 1.29 is 19.5 Å². The Morgan fingerprint density at radius 1 is 0.946 bits per heavy atom. The number of nitriles is 2. The van der Waals surface area contributed by atoms with Gasteiger partial charge in [-0.3, -0.25) is 14.4 Å². The Kier molecular flexibility index (Phi) is 11.8. The molecule has 206 valence electrons. The standard InChI is InChI=1S/C28H45N5O4/c1-10-15-32-22(36)12-14-27(8,19-30)25(5,6)28(9,23(37)33-16-20(2)34)17-24(3,4)26(7,18-29)13-11-21(31)35/h1,20,34H,11-17H2,2-9H3,(H2,31,35)(H,32,36)(H,33,37). The van der Waals surface area contributed by atoms with E-state index in [1.807, 2.05) is 27.7 Å². The van der Waals surface area contributed by atoms with Crippen LogP contribution >= 0.6 is 0 Å². The predicted molar refractivity (Wildman–Crippen MR) is 142 cm³/mol. The summed E-state index contributed by atoms with van der Waals surface area (Å²) in [4.78, 5) is 37.6. The molecule has 0 rings (SSSR count). The average Bonchev–Trinajstić information content (AvgIpc) is 2.81. The highest BCUT2D eigenvalue weighted by atomic mass is 16.3. The van der Waals surface area contributed by atoms with Crippen molar-refractivity contribution in [2.75, 3.05) is 13.1 Å². The lowest BCUT2D eigenvalue weighted by Gasteiger charge is -2.55. The van der Waals surface area contributed by atoms with E-state index in [-0.39, 0.29) is 57.0 Å². The Bertz CT molecular complexity index is 969. The Morgan fingerprint density at radius 2 is 1.46 bits per heavy atom. The van der Waals surface area contributed by atoms with Gasteiger partial charge in [0.25, 0.3) is 0 Å². The van der Waals surface area contributed by atoms with Crippen LogP contribution in [0.15, 0.2) is 0 Å². The molecule has 0 aliphatic heterocycles. The molecule has 4 unspecified atom stereocenters. The average molecular weight is 516 g/mol. The molecule has 0 aromatic carbocycles. The molecule has 0 aliphatic rings. The second-order valence-electron chi connectivity index (χ2n) is 11.9. The van der Waals surface area contributed by atoms with Crippen molar-refractivity contribution in [3.63, 3.8) is 0 Å². The highest BCUT2D eigenvalue weighted by Crippen LogP contribution is 2.60. The molecule has 0 heterocycles. The number of amides is 3. The smallest absolute Gasteiger partial charge is 0.226 e. The van der Waals surface area contributed by atoms with Crippen molar-refractivity contribution in [2.24, 2.45) is 32.8 Å². The monoisotopic (exact) mass is 515 g/mol. The molecule has 0 saturated carbocycles. The molecule has 9 heteroatoms. The molecule has 0 aromatic heterocycles. The van der Waals surface area contributed by atoms with Crippen LogP contribution in [0.5, 0.6) is 0 Å². The Balaban J connectivity index is 6.62. The van der Waals surface area contributed by atoms with Gasteiger partial charge in [0.05, 0.1) is 41.0 Å². The molecule has 37 heavy (non-hydrogen) atoms. The fourth-order valence-electron chi connectivity index (χ4n) is 4.74. The van der Waals surface area contributed by atoms with E-state index in [4.69, 9.17) is 12.2 Å². The molecule has 0 radical (unpaired) electrons. The summed E-state index contributed by atoms with van der Waals surface area (Å²) < 4.78 is 0. The lowest BCUT2D eigenvalue weighted by Crippen LogP contribution is -2.58. The van der Waals surface area contributed by atoms with E-state index >= 15 is 0 Å². The Labute approximate surface area is 222 Å². The summed E-state index contributed by atoms with van der Waals surface area (Å²) in [6.45, 7) is 14.2. The zero-order chi connectivity index (χ0) is 29.3. The van der Waals surface area contributed by atoms with Crippen LogP contribution in [0.2, 0.25) is 0 Å². The quantitative estimate of drug-likeness (QED) is 0.244. The number of terminal acetylenes is 1. The lowest BCUT2D eigenvalue weighted by atomic mass is 9.47. The third-order valence-corrected chi connectivity index (χ3v) is 8.71. The third-order valence-electron chi connectivity index (χ3n) is 8.71. The fraction of sp³-hybridized carbons (Fsp3) is 0.750. The van der Waals surface area contributed by atoms with Gasteiger partial charge in [-0.25, -0.2) is 0 Å². The van der Waals surface area contributed by atoms with Crippen LogP contribution in [-0.4, -0.2) is 42.0 Å². The van der Waals surface area contributed by atoms with Gasteiger partial charge in [-0.05, 0) is 50.9 Å². The SMILES string of the molecule is C#CCNC(=O)CCC(C)(C#N)C(C)(C)C(C)(CC(C)(C)C(C)(C#N)CCC(N)=O)C(=O)NCC(C)O. The molecule has 0 spiro atoms. The number of rotatable bonds is 15. The van der Waals surface area contributed by atoms with E-state index in [9.17, 15) is 30.0 Å². The van der Waals surface area contributed by atoms with Crippen LogP contribution in [0.25, 0.3) is 0 Å². The second kappa shape index (κ2) is 12.9. The number of carbonyl (C=O) groups is 3. The fourth-order valence-corrected chi connectivity index (χ4v) is 4.74. The van der Waals surface area contributed by atoms with Crippen molar-refractivity contribution >= 4 is 17.7 Å². The van der Waals surface area contributed by atoms with Crippen LogP contribution in [0, 0.1) is 62.1 Å². The molecule has 0 aliphatic carbocycles. The van der Waals surface area contributed by atoms with Gasteiger partial charge in [-0.1, -0.05) is 40.5 Å². The number of hydrogen-bond donors (Lipinski definition) is 4. The molecular formula is C28H45N5O4. The van der Waals surface area contributed by atoms with E-state index in [0.29, 0.717) is 0 Å². The molecule has 0 fully saturated rings. The number of nitrogens with two attached hydrogens (primary N) is 1. The summed E-state index contributed by atoms with van der Waals surface area (Å²) in [6.07, 6.45) is 5.05. The van der Waals surface area contributed by atoms with Gasteiger partial charge in [0.1, 0.15) is 0 Å². The Hall–Kier alpha value is -3.09. The van der Waals surface area contributed by atoms with Crippen molar-refractivity contribution in [3.05, 3.63) is 0 Å². The Morgan fingerprint density at radius 3 is 1.89 bits per heavy atom. The molecule has 0 saturated heterocycles. The molecule has 4 atom stereocenters. The molecule has 5 N–H and O–H groups in total. The summed E-state index contributed by atoms with van der Waals surface area (Å²) in [6, 6.07) is 4.69. The first-order valence-electron chi connectivity index (χ1n) is 12.6. The topological polar surface area (TPSA) is 169 Å². The maximum Gasteiger partial charge on any atom is 0.226 e. The number of aliphatic hydroxyl groups is 1. The predicted octanol–water partition coefficient (Wildman–Crippen LogP) is 2.79. The van der Waals surface area contributed by atoms with Gasteiger partial charge in [0.2, 0.25) is 17.7 Å². The summed E-state index contributed by atoms with van der Waals surface area (Å²) in [5.74, 6) is 1.15. The first-order valence-corrected chi connectivity index (χ1v) is 12.6. The third kappa shape index (κ3) is 7.94. The van der Waals surface area contributed by atoms with Crippen molar-refractivity contribution in [1.29, 1.82) is 10.5 Å². The number of hydrogen-bond acceptors (Lipinski definition) is 6. The summed E-state index contributed by atoms with van der Waals surface area (Å²) in [7, 11) is 0. The van der Waals surface area contributed by atoms with Crippen LogP contribution < -0.4 is 16.4 Å². The van der Waals surface area contributed by atoms with E-state index in [0.717, 1.165) is 0 Å². The first-order chi connectivity index (χ1) is 16.8. The summed E-state index contributed by atoms with van der Waals surface area (Å²) in [5.41, 5.74) is 0.172. The van der Waals surface area contributed by atoms with Crippen LogP contribution in [0.4, 0.5) is 0 Å². The van der Waals surface area contributed by atoms with E-state index in [2.05, 4.69) is 28.7 Å². The number of nitrogens with one attached hydrogen (secondary N) is 2. The van der Waals surface area contributed by atoms with Gasteiger partial charge < -0.3 is 21.5 Å². The van der Waals surface area contributed by atoms with Crippen LogP contribution in [0.1, 0.15) is 87.5 Å². The minimum atomic E-state index is -1.23. The van der Waals surface area contributed by atoms with Crippen LogP contribution in [-0.2, 0) is 14.4 Å². The van der Waals surface area contributed by atoms with Crippen molar-refractivity contribution in [1.82, 2.24) is 10.6 Å². The number of primary amides is 1. The zero-order valence-electron chi connectivity index (χ0n) is 23.7. The van der Waals surface area contributed by atoms with E-state index < -0.39 is 39.1 Å². The van der Waals surface area contributed by atoms with Gasteiger partial charge in [-0.2, -0.15) is 10.5 Å². The molecule has 0 bridgehead atoms. The molecular weight excluding hydrogens is 470 g/mol. The highest BCUT2D eigenvalue weighted by Gasteiger charge is 2.60. The van der Waals surface area contributed by atoms with Gasteiger partial charge in [0.15, 0.2) is 0 Å². The van der Waals surface area contributed by atoms with Crippen molar-refractivity contribution in [3.8, 4) is 24.5 Å². The second-order valence-corrected chi connectivity index (χ2v) is 11.9. The summed E-state index contributed by atoms with van der Waals surface area (Å²) in [5, 5.41) is 35.7. The minimum Gasteiger partial charge on any atom is -0.392 e. The molecule has 0 aromatic rings. The summed E-state index contributed by atoms with van der Waals surface area (Å²) >= 11 is 0. The van der Waals surface area contributed by atoms with Crippen LogP contribution in [0.3, 0.4) is 0 Å². The van der Waals surface area contributed by atoms with Gasteiger partial charge >= 0.3 is 0 Å². The van der Waals surface area contributed by atoms with E-state index in [1.54, 1.807) is 27.7 Å². The molecule has 3 amide bonds. The van der Waals surface area contributed by atoms with Gasteiger partial charge in [0, 0.05) is 19.4 Å². The normalized spacial score (nSPS) is 17.4. The van der Waals surface area contributed by atoms with Crippen molar-refractivity contribution in [2.45, 2.75) is 93.6 Å². The molecule has 9 nitrogen and oxygen atoms in total. The minimum absolute atomic E-state index is 0.0138. The first kappa shape index (κ1) is 33.9. The largest absolute Gasteiger partial charge is 0.392 e. The number of aliphatic hydroxyl groups excluding tert-OH is 1. The van der Waals surface area contributed by atoms with Gasteiger partial charge in [-0.15, -0.1) is 6.42 Å². The number of carbonyl (C=O) groups excluding carboxylic acids is 3. The lowest BCUT2D eigenvalue weighted by molar-refractivity contribution is -0.149. The maximum absolute atomic E-state index is 13.8. The number of nitrogens with zero attached hydrogens (tertiary/aromatic N) is 2. The highest BCUT2D eigenvalue weighted by molar-refractivity contribution is 5.83. The van der Waals surface area contributed by atoms with E-state index in [1.165, 1.54) is 0 Å². The zero-order valence-corrected chi connectivity index (χ0v) is 23.7. The maximum atomic E-state index is 13.8.